The van der Waals surface area contributed by atoms with Crippen LogP contribution in [0.5, 0.6) is 0 Å². The zero-order valence-corrected chi connectivity index (χ0v) is 23.5. The lowest BCUT2D eigenvalue weighted by Gasteiger charge is -2.33. The molecule has 0 aliphatic heterocycles. The summed E-state index contributed by atoms with van der Waals surface area (Å²) in [6.07, 6.45) is 1.61. The van der Waals surface area contributed by atoms with Crippen molar-refractivity contribution in [2.24, 2.45) is 0 Å². The minimum absolute atomic E-state index is 0.138. The van der Waals surface area contributed by atoms with Crippen LogP contribution in [0, 0.1) is 12.7 Å². The fraction of sp³-hybridized carbons (Fsp3) is 0.333. The van der Waals surface area contributed by atoms with Crippen LogP contribution in [-0.4, -0.2) is 50.8 Å². The maximum Gasteiger partial charge on any atom is 0.264 e. The number of amides is 2. The third kappa shape index (κ3) is 7.89. The molecular weight excluding hydrogens is 517 g/mol. The van der Waals surface area contributed by atoms with Gasteiger partial charge in [-0.3, -0.25) is 13.9 Å². The highest BCUT2D eigenvalue weighted by Crippen LogP contribution is 2.25. The Morgan fingerprint density at radius 3 is 2.15 bits per heavy atom. The molecule has 1 N–H and O–H groups in total. The highest BCUT2D eigenvalue weighted by atomic mass is 32.2. The number of halogens is 1. The molecule has 3 aromatic rings. The quantitative estimate of drug-likeness (QED) is 0.332. The van der Waals surface area contributed by atoms with Gasteiger partial charge in [-0.15, -0.1) is 0 Å². The van der Waals surface area contributed by atoms with Crippen molar-refractivity contribution < 1.29 is 22.4 Å². The van der Waals surface area contributed by atoms with Gasteiger partial charge in [-0.1, -0.05) is 61.9 Å². The number of rotatable bonds is 13. The first-order valence-electron chi connectivity index (χ1n) is 13.1. The second kappa shape index (κ2) is 13.9. The molecule has 9 heteroatoms. The molecular formula is C30H36FN3O4S. The highest BCUT2D eigenvalue weighted by molar-refractivity contribution is 7.92. The molecule has 0 radical (unpaired) electrons. The number of anilines is 1. The standard InChI is InChI=1S/C30H36FN3O4S/c1-4-20-32-30(36)28(5-2)33(21-19-24-9-7-6-8-10-24)29(35)22-34(26-15-11-23(3)12-16-26)39(37,38)27-17-13-25(31)14-18-27/h6-18,28H,4-5,19-22H2,1-3H3,(H,32,36)/t28-/m0/s1. The van der Waals surface area contributed by atoms with Crippen LogP contribution in [0.1, 0.15) is 37.8 Å². The minimum atomic E-state index is -4.23. The summed E-state index contributed by atoms with van der Waals surface area (Å²) >= 11 is 0. The number of hydrogen-bond acceptors (Lipinski definition) is 4. The molecule has 0 spiro atoms. The highest BCUT2D eigenvalue weighted by Gasteiger charge is 2.33. The molecule has 7 nitrogen and oxygen atoms in total. The van der Waals surface area contributed by atoms with Crippen LogP contribution in [0.25, 0.3) is 0 Å². The average molecular weight is 554 g/mol. The van der Waals surface area contributed by atoms with Gasteiger partial charge in [-0.2, -0.15) is 0 Å². The van der Waals surface area contributed by atoms with Crippen LogP contribution in [0.4, 0.5) is 10.1 Å². The second-order valence-corrected chi connectivity index (χ2v) is 11.2. The fourth-order valence-electron chi connectivity index (χ4n) is 4.24. The summed E-state index contributed by atoms with van der Waals surface area (Å²) in [5.41, 5.74) is 2.21. The van der Waals surface area contributed by atoms with Gasteiger partial charge in [0.25, 0.3) is 10.0 Å². The van der Waals surface area contributed by atoms with Crippen molar-refractivity contribution >= 4 is 27.5 Å². The maximum atomic E-state index is 13.9. The molecule has 1 atom stereocenters. The van der Waals surface area contributed by atoms with Gasteiger partial charge in [0, 0.05) is 13.1 Å². The summed E-state index contributed by atoms with van der Waals surface area (Å²) in [7, 11) is -4.23. The summed E-state index contributed by atoms with van der Waals surface area (Å²) in [6, 6.07) is 20.1. The minimum Gasteiger partial charge on any atom is -0.354 e. The van der Waals surface area contributed by atoms with E-state index in [9.17, 15) is 22.4 Å². The largest absolute Gasteiger partial charge is 0.354 e. The Hall–Kier alpha value is -3.72. The Labute approximate surface area is 230 Å². The van der Waals surface area contributed by atoms with Crippen LogP contribution in [0.3, 0.4) is 0 Å². The Morgan fingerprint density at radius 2 is 1.56 bits per heavy atom. The van der Waals surface area contributed by atoms with E-state index >= 15 is 0 Å². The lowest BCUT2D eigenvalue weighted by Crippen LogP contribution is -2.53. The van der Waals surface area contributed by atoms with Crippen molar-refractivity contribution in [2.75, 3.05) is 23.9 Å². The SMILES string of the molecule is CCCNC(=O)[C@H](CC)N(CCc1ccccc1)C(=O)CN(c1ccc(C)cc1)S(=O)(=O)c1ccc(F)cc1. The van der Waals surface area contributed by atoms with E-state index in [0.29, 0.717) is 25.1 Å². The van der Waals surface area contributed by atoms with Crippen LogP contribution in [-0.2, 0) is 26.0 Å². The van der Waals surface area contributed by atoms with Crippen molar-refractivity contribution in [3.05, 3.63) is 95.8 Å². The molecule has 0 saturated heterocycles. The first-order chi connectivity index (χ1) is 18.7. The third-order valence-electron chi connectivity index (χ3n) is 6.42. The molecule has 0 heterocycles. The van der Waals surface area contributed by atoms with Gasteiger partial charge in [-0.25, -0.2) is 12.8 Å². The van der Waals surface area contributed by atoms with Gasteiger partial charge in [-0.05, 0) is 68.1 Å². The number of hydrogen-bond donors (Lipinski definition) is 1. The van der Waals surface area contributed by atoms with Crippen LogP contribution in [0.2, 0.25) is 0 Å². The van der Waals surface area contributed by atoms with Crippen molar-refractivity contribution in [1.29, 1.82) is 0 Å². The van der Waals surface area contributed by atoms with Crippen molar-refractivity contribution in [1.82, 2.24) is 10.2 Å². The third-order valence-corrected chi connectivity index (χ3v) is 8.21. The van der Waals surface area contributed by atoms with Crippen LogP contribution >= 0.6 is 0 Å². The Kier molecular flexibility index (Phi) is 10.6. The first-order valence-corrected chi connectivity index (χ1v) is 14.6. The number of carbonyl (C=O) groups is 2. The van der Waals surface area contributed by atoms with Crippen molar-refractivity contribution in [2.45, 2.75) is 51.0 Å². The molecule has 0 unspecified atom stereocenters. The van der Waals surface area contributed by atoms with Gasteiger partial charge in [0.05, 0.1) is 10.6 Å². The lowest BCUT2D eigenvalue weighted by atomic mass is 10.1. The average Bonchev–Trinajstić information content (AvgIpc) is 2.93. The van der Waals surface area contributed by atoms with E-state index < -0.39 is 34.3 Å². The molecule has 0 fully saturated rings. The van der Waals surface area contributed by atoms with E-state index in [-0.39, 0.29) is 17.3 Å². The van der Waals surface area contributed by atoms with E-state index in [1.54, 1.807) is 24.3 Å². The van der Waals surface area contributed by atoms with E-state index in [4.69, 9.17) is 0 Å². The van der Waals surface area contributed by atoms with E-state index in [1.807, 2.05) is 51.1 Å². The van der Waals surface area contributed by atoms with Gasteiger partial charge >= 0.3 is 0 Å². The van der Waals surface area contributed by atoms with Gasteiger partial charge < -0.3 is 10.2 Å². The number of benzene rings is 3. The Balaban J connectivity index is 1.99. The van der Waals surface area contributed by atoms with Crippen LogP contribution in [0.15, 0.2) is 83.8 Å². The molecule has 2 amide bonds. The zero-order chi connectivity index (χ0) is 28.4. The zero-order valence-electron chi connectivity index (χ0n) is 22.6. The number of nitrogens with one attached hydrogen (secondary N) is 1. The Morgan fingerprint density at radius 1 is 0.923 bits per heavy atom. The van der Waals surface area contributed by atoms with Crippen molar-refractivity contribution in [3.63, 3.8) is 0 Å². The van der Waals surface area contributed by atoms with E-state index in [2.05, 4.69) is 5.32 Å². The molecule has 0 saturated carbocycles. The van der Waals surface area contributed by atoms with Gasteiger partial charge in [0.15, 0.2) is 0 Å². The predicted molar refractivity (Wildman–Crippen MR) is 151 cm³/mol. The maximum absolute atomic E-state index is 13.9. The fourth-order valence-corrected chi connectivity index (χ4v) is 5.65. The molecule has 0 aliphatic rings. The van der Waals surface area contributed by atoms with E-state index in [1.165, 1.54) is 17.0 Å². The molecule has 3 rings (SSSR count). The molecule has 0 aliphatic carbocycles. The summed E-state index contributed by atoms with van der Waals surface area (Å²) in [5, 5.41) is 2.87. The van der Waals surface area contributed by atoms with Crippen molar-refractivity contribution in [3.8, 4) is 0 Å². The second-order valence-electron chi connectivity index (χ2n) is 9.34. The molecule has 39 heavy (non-hydrogen) atoms. The van der Waals surface area contributed by atoms with E-state index in [0.717, 1.165) is 34.0 Å². The molecule has 0 aromatic heterocycles. The summed E-state index contributed by atoms with van der Waals surface area (Å²) < 4.78 is 42.1. The Bertz CT molecular complexity index is 1330. The normalized spacial score (nSPS) is 12.0. The van der Waals surface area contributed by atoms with Gasteiger partial charge in [0.1, 0.15) is 18.4 Å². The summed E-state index contributed by atoms with van der Waals surface area (Å²) in [5.74, 6) is -1.34. The predicted octanol–water partition coefficient (Wildman–Crippen LogP) is 4.71. The first kappa shape index (κ1) is 29.8. The molecule has 3 aromatic carbocycles. The number of sulfonamides is 1. The van der Waals surface area contributed by atoms with Gasteiger partial charge in [0.2, 0.25) is 11.8 Å². The monoisotopic (exact) mass is 553 g/mol. The topological polar surface area (TPSA) is 86.8 Å². The number of aryl methyl sites for hydroxylation is 1. The summed E-state index contributed by atoms with van der Waals surface area (Å²) in [6.45, 7) is 5.84. The smallest absolute Gasteiger partial charge is 0.264 e. The number of nitrogens with zero attached hydrogens (tertiary/aromatic N) is 2. The molecule has 0 bridgehead atoms. The molecule has 208 valence electrons. The van der Waals surface area contributed by atoms with Crippen LogP contribution < -0.4 is 9.62 Å². The lowest BCUT2D eigenvalue weighted by molar-refractivity contribution is -0.139. The number of carbonyl (C=O) groups excluding carboxylic acids is 2. The summed E-state index contributed by atoms with van der Waals surface area (Å²) in [4.78, 5) is 28.3.